The third-order valence-corrected chi connectivity index (χ3v) is 4.21. The lowest BCUT2D eigenvalue weighted by Crippen LogP contribution is -2.50. The Balaban J connectivity index is 1.89. The number of nitrogens with two attached hydrogens (primary N) is 1. The van der Waals surface area contributed by atoms with Crippen LogP contribution in [0.3, 0.4) is 0 Å². The summed E-state index contributed by atoms with van der Waals surface area (Å²) in [5.74, 6) is -1.15. The van der Waals surface area contributed by atoms with Crippen LogP contribution in [0.4, 0.5) is 5.69 Å². The molecule has 0 spiro atoms. The van der Waals surface area contributed by atoms with Crippen molar-refractivity contribution in [1.29, 1.82) is 5.26 Å². The third-order valence-electron chi connectivity index (χ3n) is 3.87. The number of hydrogen-bond donors (Lipinski definition) is 2. The molecule has 0 unspecified atom stereocenters. The van der Waals surface area contributed by atoms with Crippen LogP contribution in [0, 0.1) is 11.3 Å². The van der Waals surface area contributed by atoms with E-state index in [0.717, 1.165) is 19.3 Å². The number of ether oxygens (including phenoxy) is 1. The van der Waals surface area contributed by atoms with E-state index in [1.165, 1.54) is 18.2 Å². The fourth-order valence-corrected chi connectivity index (χ4v) is 2.73. The number of benzene rings is 1. The number of anilines is 1. The number of nitrogens with one attached hydrogen (secondary N) is 1. The summed E-state index contributed by atoms with van der Waals surface area (Å²) >= 11 is 5.78. The molecule has 1 saturated carbocycles. The van der Waals surface area contributed by atoms with Crippen molar-refractivity contribution in [3.8, 4) is 6.07 Å². The number of esters is 1. The lowest BCUT2D eigenvalue weighted by molar-refractivity contribution is -0.125. The Morgan fingerprint density at radius 3 is 2.65 bits per heavy atom. The topological polar surface area (TPSA) is 105 Å². The summed E-state index contributed by atoms with van der Waals surface area (Å²) in [7, 11) is 0. The molecule has 1 fully saturated rings. The lowest BCUT2D eigenvalue weighted by Gasteiger charge is -2.31. The maximum Gasteiger partial charge on any atom is 0.338 e. The highest BCUT2D eigenvalue weighted by atomic mass is 35.5. The molecule has 0 heterocycles. The Labute approximate surface area is 139 Å². The molecule has 7 heteroatoms. The van der Waals surface area contributed by atoms with Gasteiger partial charge in [0.05, 0.1) is 22.3 Å². The van der Waals surface area contributed by atoms with E-state index in [0.29, 0.717) is 17.9 Å². The third kappa shape index (κ3) is 4.36. The molecule has 0 bridgehead atoms. The van der Waals surface area contributed by atoms with Gasteiger partial charge in [-0.15, -0.1) is 0 Å². The largest absolute Gasteiger partial charge is 0.452 e. The van der Waals surface area contributed by atoms with Crippen molar-refractivity contribution in [1.82, 2.24) is 5.32 Å². The molecule has 1 aromatic carbocycles. The van der Waals surface area contributed by atoms with Crippen LogP contribution in [-0.2, 0) is 9.53 Å². The maximum absolute atomic E-state index is 11.9. The number of halogens is 1. The van der Waals surface area contributed by atoms with E-state index in [4.69, 9.17) is 22.1 Å². The van der Waals surface area contributed by atoms with E-state index in [1.807, 2.05) is 0 Å². The first-order chi connectivity index (χ1) is 11.0. The molecule has 2 rings (SSSR count). The Morgan fingerprint density at radius 1 is 1.35 bits per heavy atom. The van der Waals surface area contributed by atoms with Crippen LogP contribution in [0.25, 0.3) is 0 Å². The number of hydrogen-bond acceptors (Lipinski definition) is 5. The molecular formula is C16H18ClN3O3. The second-order valence-corrected chi connectivity index (χ2v) is 6.02. The molecule has 0 aliphatic heterocycles. The van der Waals surface area contributed by atoms with Gasteiger partial charge in [0.2, 0.25) is 0 Å². The number of nitriles is 1. The van der Waals surface area contributed by atoms with Crippen LogP contribution in [0.1, 0.15) is 42.5 Å². The van der Waals surface area contributed by atoms with Crippen molar-refractivity contribution >= 4 is 29.2 Å². The molecule has 0 radical (unpaired) electrons. The molecule has 0 atom stereocenters. The maximum atomic E-state index is 11.9. The molecular weight excluding hydrogens is 318 g/mol. The Bertz CT molecular complexity index is 648. The second-order valence-electron chi connectivity index (χ2n) is 5.62. The molecule has 6 nitrogen and oxygen atoms in total. The highest BCUT2D eigenvalue weighted by Gasteiger charge is 2.33. The van der Waals surface area contributed by atoms with Crippen molar-refractivity contribution in [3.05, 3.63) is 28.8 Å². The number of carbonyl (C=O) groups excluding carboxylic acids is 2. The molecule has 1 aromatic rings. The van der Waals surface area contributed by atoms with Crippen LogP contribution < -0.4 is 11.1 Å². The fraction of sp³-hybridized carbons (Fsp3) is 0.438. The predicted molar refractivity (Wildman–Crippen MR) is 85.7 cm³/mol. The van der Waals surface area contributed by atoms with Gasteiger partial charge in [0.15, 0.2) is 6.61 Å². The number of amides is 1. The average Bonchev–Trinajstić information content (AvgIpc) is 2.56. The fourth-order valence-electron chi connectivity index (χ4n) is 2.61. The Morgan fingerprint density at radius 2 is 2.04 bits per heavy atom. The van der Waals surface area contributed by atoms with Gasteiger partial charge in [-0.25, -0.2) is 4.79 Å². The van der Waals surface area contributed by atoms with Crippen LogP contribution in [0.15, 0.2) is 18.2 Å². The van der Waals surface area contributed by atoms with Crippen molar-refractivity contribution in [2.45, 2.75) is 37.6 Å². The molecule has 23 heavy (non-hydrogen) atoms. The van der Waals surface area contributed by atoms with Gasteiger partial charge in [0, 0.05) is 0 Å². The first-order valence-corrected chi connectivity index (χ1v) is 7.78. The van der Waals surface area contributed by atoms with Crippen LogP contribution >= 0.6 is 11.6 Å². The van der Waals surface area contributed by atoms with E-state index >= 15 is 0 Å². The molecule has 3 N–H and O–H groups in total. The van der Waals surface area contributed by atoms with Gasteiger partial charge in [-0.2, -0.15) is 5.26 Å². The zero-order valence-electron chi connectivity index (χ0n) is 12.6. The van der Waals surface area contributed by atoms with Crippen molar-refractivity contribution < 1.29 is 14.3 Å². The Kier molecular flexibility index (Phi) is 5.45. The highest BCUT2D eigenvalue weighted by molar-refractivity contribution is 6.33. The van der Waals surface area contributed by atoms with E-state index in [1.54, 1.807) is 0 Å². The first-order valence-electron chi connectivity index (χ1n) is 7.40. The summed E-state index contributed by atoms with van der Waals surface area (Å²) in [5.41, 5.74) is 5.25. The normalized spacial score (nSPS) is 16.2. The average molecular weight is 336 g/mol. The highest BCUT2D eigenvalue weighted by Crippen LogP contribution is 2.27. The summed E-state index contributed by atoms with van der Waals surface area (Å²) in [6.45, 7) is -0.440. The predicted octanol–water partition coefficient (Wildman–Crippen LogP) is 2.42. The van der Waals surface area contributed by atoms with Crippen LogP contribution in [0.5, 0.6) is 0 Å². The van der Waals surface area contributed by atoms with Gasteiger partial charge in [-0.05, 0) is 31.0 Å². The van der Waals surface area contributed by atoms with Crippen LogP contribution in [0.2, 0.25) is 5.02 Å². The SMILES string of the molecule is N#CC1(NC(=O)COC(=O)c2ccc(Cl)c(N)c2)CCCCC1. The zero-order valence-corrected chi connectivity index (χ0v) is 13.4. The van der Waals surface area contributed by atoms with E-state index < -0.39 is 24.0 Å². The van der Waals surface area contributed by atoms with Crippen molar-refractivity contribution in [2.75, 3.05) is 12.3 Å². The van der Waals surface area contributed by atoms with Gasteiger partial charge in [-0.1, -0.05) is 30.9 Å². The standard InChI is InChI=1S/C16H18ClN3O3/c17-12-5-4-11(8-13(12)19)15(22)23-9-14(21)20-16(10-18)6-2-1-3-7-16/h4-5,8H,1-3,6-7,9,19H2,(H,20,21). The van der Waals surface area contributed by atoms with Gasteiger partial charge >= 0.3 is 5.97 Å². The van der Waals surface area contributed by atoms with Gasteiger partial charge < -0.3 is 15.8 Å². The summed E-state index contributed by atoms with van der Waals surface area (Å²) < 4.78 is 4.96. The monoisotopic (exact) mass is 335 g/mol. The minimum atomic E-state index is -0.841. The van der Waals surface area contributed by atoms with Crippen molar-refractivity contribution in [2.24, 2.45) is 0 Å². The van der Waals surface area contributed by atoms with E-state index in [9.17, 15) is 14.9 Å². The first kappa shape index (κ1) is 17.1. The van der Waals surface area contributed by atoms with E-state index in [2.05, 4.69) is 11.4 Å². The number of nitrogens with zero attached hydrogens (tertiary/aromatic N) is 1. The number of carbonyl (C=O) groups is 2. The number of nitrogen functional groups attached to an aromatic ring is 1. The summed E-state index contributed by atoms with van der Waals surface area (Å²) in [6.07, 6.45) is 4.11. The molecule has 0 saturated heterocycles. The van der Waals surface area contributed by atoms with Gasteiger partial charge in [-0.3, -0.25) is 4.79 Å². The second kappa shape index (κ2) is 7.34. The summed E-state index contributed by atoms with van der Waals surface area (Å²) in [4.78, 5) is 23.8. The van der Waals surface area contributed by atoms with Crippen molar-refractivity contribution in [3.63, 3.8) is 0 Å². The van der Waals surface area contributed by atoms with E-state index in [-0.39, 0.29) is 11.3 Å². The minimum absolute atomic E-state index is 0.215. The van der Waals surface area contributed by atoms with Gasteiger partial charge in [0.25, 0.3) is 5.91 Å². The number of rotatable bonds is 4. The zero-order chi connectivity index (χ0) is 16.9. The Hall–Kier alpha value is -2.26. The van der Waals surface area contributed by atoms with Gasteiger partial charge in [0.1, 0.15) is 5.54 Å². The summed E-state index contributed by atoms with van der Waals surface area (Å²) in [5, 5.41) is 12.3. The minimum Gasteiger partial charge on any atom is -0.452 e. The molecule has 1 aliphatic carbocycles. The molecule has 0 aromatic heterocycles. The molecule has 1 amide bonds. The quantitative estimate of drug-likeness (QED) is 0.649. The van der Waals surface area contributed by atoms with Crippen LogP contribution in [-0.4, -0.2) is 24.0 Å². The smallest absolute Gasteiger partial charge is 0.338 e. The summed E-state index contributed by atoms with van der Waals surface area (Å²) in [6, 6.07) is 6.52. The molecule has 122 valence electrons. The molecule has 1 aliphatic rings. The lowest BCUT2D eigenvalue weighted by atomic mass is 9.83.